The zero-order valence-corrected chi connectivity index (χ0v) is 21.0. The van der Waals surface area contributed by atoms with Crippen LogP contribution in [0.25, 0.3) is 0 Å². The van der Waals surface area contributed by atoms with E-state index in [0.717, 1.165) is 37.9 Å². The number of nitriles is 1. The van der Waals surface area contributed by atoms with Gasteiger partial charge in [-0.1, -0.05) is 24.8 Å². The number of fused-ring (bicyclic) bond motifs is 1. The van der Waals surface area contributed by atoms with Crippen molar-refractivity contribution in [2.24, 2.45) is 5.41 Å². The van der Waals surface area contributed by atoms with Crippen LogP contribution in [0.4, 0.5) is 4.79 Å². The first-order chi connectivity index (χ1) is 17.4. The van der Waals surface area contributed by atoms with Crippen molar-refractivity contribution in [3.05, 3.63) is 23.8 Å². The van der Waals surface area contributed by atoms with Gasteiger partial charge < -0.3 is 20.7 Å². The molecular weight excluding hydrogens is 480 g/mol. The highest BCUT2D eigenvalue weighted by atomic mass is 32.2. The normalized spacial score (nSPS) is 26.2. The molecule has 0 bridgehead atoms. The number of ketones is 1. The Balaban J connectivity index is 1.19. The lowest BCUT2D eigenvalue weighted by Crippen LogP contribution is -2.36. The molecule has 3 amide bonds. The quantitative estimate of drug-likeness (QED) is 0.149. The van der Waals surface area contributed by atoms with Crippen LogP contribution in [0.5, 0.6) is 0 Å². The zero-order chi connectivity index (χ0) is 26.0. The minimum Gasteiger partial charge on any atom is -0.463 e. The van der Waals surface area contributed by atoms with Gasteiger partial charge in [0.2, 0.25) is 5.91 Å². The molecule has 0 spiro atoms. The fourth-order valence-electron chi connectivity index (χ4n) is 4.43. The van der Waals surface area contributed by atoms with Crippen molar-refractivity contribution >= 4 is 35.5 Å². The monoisotopic (exact) mass is 512 g/mol. The Labute approximate surface area is 215 Å². The zero-order valence-electron chi connectivity index (χ0n) is 20.2. The Morgan fingerprint density at radius 1 is 1.19 bits per heavy atom. The molecule has 2 aliphatic heterocycles. The van der Waals surface area contributed by atoms with Crippen LogP contribution in [0.15, 0.2) is 23.8 Å². The van der Waals surface area contributed by atoms with Crippen molar-refractivity contribution in [1.82, 2.24) is 16.0 Å². The smallest absolute Gasteiger partial charge is 0.315 e. The number of ether oxygens (including phenoxy) is 1. The van der Waals surface area contributed by atoms with Crippen molar-refractivity contribution in [3.8, 4) is 18.4 Å². The standard InChI is InChI=1S/C26H32N4O5S/c1-2-26(12-11-20(31)18(14-26)15-27)17-35-23(33)10-4-3-7-13-28-22(32)9-6-5-8-21-24-19(16-36-21)29-25(34)30-24/h1,11-12,14,19,21,24H,3-10,13,16-17H2,(H,28,32)(H2,29,30,34)/t19-,21-,24-,26?/m0/s1. The number of hydrogen-bond donors (Lipinski definition) is 3. The number of urea groups is 1. The highest BCUT2D eigenvalue weighted by Crippen LogP contribution is 2.33. The van der Waals surface area contributed by atoms with Gasteiger partial charge in [-0.3, -0.25) is 14.4 Å². The molecule has 4 atom stereocenters. The number of hydrogen-bond acceptors (Lipinski definition) is 7. The van der Waals surface area contributed by atoms with Crippen LogP contribution in [-0.4, -0.2) is 59.9 Å². The number of unbranched alkanes of at least 4 members (excludes halogenated alkanes) is 3. The van der Waals surface area contributed by atoms with E-state index in [1.54, 1.807) is 6.07 Å². The fourth-order valence-corrected chi connectivity index (χ4v) is 5.98. The number of terminal acetylenes is 1. The summed E-state index contributed by atoms with van der Waals surface area (Å²) in [5, 5.41) is 18.3. The molecule has 3 rings (SSSR count). The minimum absolute atomic E-state index is 0.0330. The third kappa shape index (κ3) is 7.63. The van der Waals surface area contributed by atoms with Crippen molar-refractivity contribution < 1.29 is 23.9 Å². The summed E-state index contributed by atoms with van der Waals surface area (Å²) < 4.78 is 5.28. The van der Waals surface area contributed by atoms with Gasteiger partial charge in [0.05, 0.1) is 17.7 Å². The Morgan fingerprint density at radius 3 is 2.78 bits per heavy atom. The van der Waals surface area contributed by atoms with E-state index in [4.69, 9.17) is 16.4 Å². The van der Waals surface area contributed by atoms with Gasteiger partial charge in [0.15, 0.2) is 5.78 Å². The molecule has 192 valence electrons. The number of nitrogens with zero attached hydrogens (tertiary/aromatic N) is 1. The summed E-state index contributed by atoms with van der Waals surface area (Å²) in [6.07, 6.45) is 15.2. The van der Waals surface area contributed by atoms with Crippen LogP contribution < -0.4 is 16.0 Å². The molecule has 2 saturated heterocycles. The predicted molar refractivity (Wildman–Crippen MR) is 136 cm³/mol. The second-order valence-corrected chi connectivity index (χ2v) is 10.5. The lowest BCUT2D eigenvalue weighted by atomic mass is 9.83. The maximum absolute atomic E-state index is 12.1. The van der Waals surface area contributed by atoms with E-state index in [1.807, 2.05) is 11.8 Å². The van der Waals surface area contributed by atoms with Crippen molar-refractivity contribution in [3.63, 3.8) is 0 Å². The molecule has 10 heteroatoms. The van der Waals surface area contributed by atoms with Crippen molar-refractivity contribution in [2.45, 2.75) is 68.7 Å². The lowest BCUT2D eigenvalue weighted by Gasteiger charge is -2.23. The molecule has 0 saturated carbocycles. The van der Waals surface area contributed by atoms with Crippen molar-refractivity contribution in [1.29, 1.82) is 5.26 Å². The van der Waals surface area contributed by atoms with Gasteiger partial charge in [-0.05, 0) is 37.8 Å². The summed E-state index contributed by atoms with van der Waals surface area (Å²) in [6, 6.07) is 2.16. The van der Waals surface area contributed by atoms with E-state index in [1.165, 1.54) is 18.2 Å². The van der Waals surface area contributed by atoms with Crippen LogP contribution in [0, 0.1) is 29.1 Å². The van der Waals surface area contributed by atoms with E-state index in [-0.39, 0.29) is 42.6 Å². The van der Waals surface area contributed by atoms with E-state index in [0.29, 0.717) is 24.6 Å². The number of esters is 1. The highest BCUT2D eigenvalue weighted by molar-refractivity contribution is 8.00. The SMILES string of the molecule is C#CC1(COC(=O)CCCCCNC(=O)CCCC[C@@H]2SC[C@@H]3NC(=O)N[C@@H]32)C=CC(=O)C(C#N)=C1. The maximum Gasteiger partial charge on any atom is 0.315 e. The third-order valence-corrected chi connectivity index (χ3v) is 8.03. The number of allylic oxidation sites excluding steroid dienone is 2. The first-order valence-electron chi connectivity index (χ1n) is 12.3. The molecule has 1 aliphatic carbocycles. The van der Waals surface area contributed by atoms with Gasteiger partial charge in [-0.2, -0.15) is 17.0 Å². The summed E-state index contributed by atoms with van der Waals surface area (Å²) in [6.45, 7) is 0.439. The molecule has 0 aromatic heterocycles. The molecule has 0 aromatic rings. The van der Waals surface area contributed by atoms with Gasteiger partial charge >= 0.3 is 12.0 Å². The number of thioether (sulfide) groups is 1. The molecule has 1 unspecified atom stereocenters. The Kier molecular flexibility index (Phi) is 10.0. The Hall–Kier alpha value is -3.24. The number of nitrogens with one attached hydrogen (secondary N) is 3. The fraction of sp³-hybridized carbons (Fsp3) is 0.577. The second kappa shape index (κ2) is 13.2. The van der Waals surface area contributed by atoms with Gasteiger partial charge in [0.25, 0.3) is 0 Å². The summed E-state index contributed by atoms with van der Waals surface area (Å²) in [7, 11) is 0. The van der Waals surface area contributed by atoms with Gasteiger partial charge in [0.1, 0.15) is 18.1 Å². The van der Waals surface area contributed by atoms with Crippen LogP contribution >= 0.6 is 11.8 Å². The summed E-state index contributed by atoms with van der Waals surface area (Å²) in [5.74, 6) is 2.65. The van der Waals surface area contributed by atoms with Gasteiger partial charge in [0, 0.05) is 30.4 Å². The van der Waals surface area contributed by atoms with E-state index < -0.39 is 17.2 Å². The molecule has 3 N–H and O–H groups in total. The molecule has 36 heavy (non-hydrogen) atoms. The number of amides is 3. The van der Waals surface area contributed by atoms with Crippen LogP contribution in [0.1, 0.15) is 51.4 Å². The molecule has 0 aromatic carbocycles. The molecule has 2 heterocycles. The molecule has 0 radical (unpaired) electrons. The van der Waals surface area contributed by atoms with E-state index in [9.17, 15) is 19.2 Å². The molecule has 9 nitrogen and oxygen atoms in total. The minimum atomic E-state index is -1.08. The molecule has 2 fully saturated rings. The first kappa shape index (κ1) is 27.3. The lowest BCUT2D eigenvalue weighted by molar-refractivity contribution is -0.145. The van der Waals surface area contributed by atoms with Crippen molar-refractivity contribution in [2.75, 3.05) is 18.9 Å². The summed E-state index contributed by atoms with van der Waals surface area (Å²) in [5.41, 5.74) is -1.14. The van der Waals surface area contributed by atoms with E-state index in [2.05, 4.69) is 21.9 Å². The Bertz CT molecular complexity index is 1010. The number of carbonyl (C=O) groups excluding carboxylic acids is 4. The highest BCUT2D eigenvalue weighted by Gasteiger charge is 2.42. The number of rotatable bonds is 13. The van der Waals surface area contributed by atoms with Gasteiger partial charge in [-0.25, -0.2) is 4.79 Å². The Morgan fingerprint density at radius 2 is 2.00 bits per heavy atom. The van der Waals surface area contributed by atoms with Gasteiger partial charge in [-0.15, -0.1) is 6.42 Å². The largest absolute Gasteiger partial charge is 0.463 e. The van der Waals surface area contributed by atoms with Crippen LogP contribution in [0.3, 0.4) is 0 Å². The molecule has 3 aliphatic rings. The van der Waals surface area contributed by atoms with E-state index >= 15 is 0 Å². The second-order valence-electron chi connectivity index (χ2n) is 9.24. The average molecular weight is 513 g/mol. The third-order valence-electron chi connectivity index (χ3n) is 6.52. The van der Waals surface area contributed by atoms with Crippen LogP contribution in [0.2, 0.25) is 0 Å². The van der Waals surface area contributed by atoms with Crippen LogP contribution in [-0.2, 0) is 19.1 Å². The topological polar surface area (TPSA) is 137 Å². The summed E-state index contributed by atoms with van der Waals surface area (Å²) in [4.78, 5) is 47.1. The average Bonchev–Trinajstić information content (AvgIpc) is 3.42. The summed E-state index contributed by atoms with van der Waals surface area (Å²) >= 11 is 1.88. The number of carbonyl (C=O) groups is 4. The maximum atomic E-state index is 12.1. The predicted octanol–water partition coefficient (Wildman–Crippen LogP) is 2.14. The molecular formula is C26H32N4O5S. The first-order valence-corrected chi connectivity index (χ1v) is 13.4.